The van der Waals surface area contributed by atoms with Crippen molar-refractivity contribution in [3.8, 4) is 11.5 Å². The Balaban J connectivity index is 1.69. The van der Waals surface area contributed by atoms with E-state index in [-0.39, 0.29) is 17.4 Å². The number of benzene rings is 3. The van der Waals surface area contributed by atoms with Crippen molar-refractivity contribution in [1.82, 2.24) is 5.43 Å². The summed E-state index contributed by atoms with van der Waals surface area (Å²) in [6.45, 7) is 0.238. The van der Waals surface area contributed by atoms with E-state index >= 15 is 0 Å². The van der Waals surface area contributed by atoms with Crippen molar-refractivity contribution in [2.24, 2.45) is 5.10 Å². The highest BCUT2D eigenvalue weighted by Crippen LogP contribution is 2.36. The van der Waals surface area contributed by atoms with E-state index in [2.05, 4.69) is 26.5 Å². The van der Waals surface area contributed by atoms with Crippen LogP contribution in [0.2, 0.25) is 10.0 Å². The maximum atomic E-state index is 13.0. The Morgan fingerprint density at radius 1 is 1.13 bits per heavy atom. The van der Waals surface area contributed by atoms with Gasteiger partial charge in [-0.1, -0.05) is 35.3 Å². The fourth-order valence-electron chi connectivity index (χ4n) is 2.56. The van der Waals surface area contributed by atoms with Crippen molar-refractivity contribution >= 4 is 51.3 Å². The Kier molecular flexibility index (Phi) is 7.90. The molecule has 0 aliphatic heterocycles. The zero-order chi connectivity index (χ0) is 22.4. The number of hydrogen-bond acceptors (Lipinski definition) is 4. The smallest absolute Gasteiger partial charge is 0.271 e. The molecule has 0 heterocycles. The molecule has 3 aromatic rings. The molecule has 0 bridgehead atoms. The maximum Gasteiger partial charge on any atom is 0.271 e. The maximum absolute atomic E-state index is 13.0. The van der Waals surface area contributed by atoms with E-state index in [9.17, 15) is 9.18 Å². The van der Waals surface area contributed by atoms with Gasteiger partial charge in [0.15, 0.2) is 11.5 Å². The molecule has 1 N–H and O–H groups in total. The fraction of sp³-hybridized carbons (Fsp3) is 0.0909. The van der Waals surface area contributed by atoms with Crippen molar-refractivity contribution in [3.63, 3.8) is 0 Å². The van der Waals surface area contributed by atoms with Gasteiger partial charge in [0, 0.05) is 5.56 Å². The molecule has 9 heteroatoms. The number of nitrogens with zero attached hydrogens (tertiary/aromatic N) is 1. The van der Waals surface area contributed by atoms with Gasteiger partial charge in [-0.3, -0.25) is 4.79 Å². The lowest BCUT2D eigenvalue weighted by Gasteiger charge is -2.13. The van der Waals surface area contributed by atoms with Crippen LogP contribution in [-0.2, 0) is 6.61 Å². The molecule has 0 aromatic heterocycles. The second-order valence-electron chi connectivity index (χ2n) is 6.28. The average Bonchev–Trinajstić information content (AvgIpc) is 2.75. The van der Waals surface area contributed by atoms with Gasteiger partial charge in [-0.25, -0.2) is 9.82 Å². The number of carbonyl (C=O) groups excluding carboxylic acids is 1. The van der Waals surface area contributed by atoms with Crippen LogP contribution in [0, 0.1) is 5.82 Å². The average molecular weight is 526 g/mol. The highest BCUT2D eigenvalue weighted by Gasteiger charge is 2.12. The number of ether oxygens (including phenoxy) is 2. The Labute approximate surface area is 196 Å². The molecule has 3 aromatic carbocycles. The normalized spacial score (nSPS) is 10.9. The van der Waals surface area contributed by atoms with Crippen molar-refractivity contribution < 1.29 is 18.7 Å². The molecule has 0 aliphatic rings. The number of rotatable bonds is 7. The largest absolute Gasteiger partial charge is 0.493 e. The number of amides is 1. The van der Waals surface area contributed by atoms with Crippen LogP contribution in [0.25, 0.3) is 0 Å². The number of halogens is 4. The van der Waals surface area contributed by atoms with Crippen LogP contribution in [0.5, 0.6) is 11.5 Å². The van der Waals surface area contributed by atoms with E-state index in [1.807, 2.05) is 0 Å². The van der Waals surface area contributed by atoms with Gasteiger partial charge in [-0.05, 0) is 69.5 Å². The van der Waals surface area contributed by atoms with Gasteiger partial charge >= 0.3 is 0 Å². The first-order chi connectivity index (χ1) is 14.9. The SMILES string of the molecule is COc1cc(/C=N\NC(=O)c2ccc(Cl)c(Cl)c2)cc(Br)c1OCc1ccc(F)cc1. The van der Waals surface area contributed by atoms with Crippen molar-refractivity contribution in [3.05, 3.63) is 91.6 Å². The molecule has 0 spiro atoms. The molecule has 0 unspecified atom stereocenters. The zero-order valence-electron chi connectivity index (χ0n) is 16.2. The minimum absolute atomic E-state index is 0.238. The van der Waals surface area contributed by atoms with Crippen molar-refractivity contribution in [2.75, 3.05) is 7.11 Å². The Morgan fingerprint density at radius 3 is 2.55 bits per heavy atom. The van der Waals surface area contributed by atoms with Gasteiger partial charge in [0.05, 0.1) is 27.8 Å². The topological polar surface area (TPSA) is 59.9 Å². The molecule has 0 atom stereocenters. The van der Waals surface area contributed by atoms with Crippen LogP contribution in [-0.4, -0.2) is 19.2 Å². The molecule has 0 radical (unpaired) electrons. The van der Waals surface area contributed by atoms with Crippen LogP contribution in [0.4, 0.5) is 4.39 Å². The van der Waals surface area contributed by atoms with E-state index < -0.39 is 5.91 Å². The summed E-state index contributed by atoms with van der Waals surface area (Å²) in [5.41, 5.74) is 4.23. The Morgan fingerprint density at radius 2 is 1.87 bits per heavy atom. The molecule has 3 rings (SSSR count). The quantitative estimate of drug-likeness (QED) is 0.293. The molecular weight excluding hydrogens is 510 g/mol. The zero-order valence-corrected chi connectivity index (χ0v) is 19.3. The van der Waals surface area contributed by atoms with Gasteiger partial charge in [-0.15, -0.1) is 0 Å². The van der Waals surface area contributed by atoms with Crippen molar-refractivity contribution in [1.29, 1.82) is 0 Å². The Bertz CT molecular complexity index is 1120. The summed E-state index contributed by atoms with van der Waals surface area (Å²) in [6, 6.07) is 14.0. The van der Waals surface area contributed by atoms with E-state index in [4.69, 9.17) is 32.7 Å². The minimum atomic E-state index is -0.430. The van der Waals surface area contributed by atoms with Crippen LogP contribution in [0.3, 0.4) is 0 Å². The van der Waals surface area contributed by atoms with Crippen LogP contribution < -0.4 is 14.9 Å². The monoisotopic (exact) mass is 524 g/mol. The number of methoxy groups -OCH3 is 1. The summed E-state index contributed by atoms with van der Waals surface area (Å²) < 4.78 is 24.9. The van der Waals surface area contributed by atoms with Gasteiger partial charge in [0.2, 0.25) is 0 Å². The molecule has 160 valence electrons. The number of hydrazone groups is 1. The van der Waals surface area contributed by atoms with Gasteiger partial charge < -0.3 is 9.47 Å². The Hall–Kier alpha value is -2.61. The number of carbonyl (C=O) groups is 1. The highest BCUT2D eigenvalue weighted by atomic mass is 79.9. The molecule has 0 aliphatic carbocycles. The summed E-state index contributed by atoms with van der Waals surface area (Å²) in [5, 5.41) is 4.61. The molecule has 0 saturated carbocycles. The van der Waals surface area contributed by atoms with Crippen LogP contribution in [0.1, 0.15) is 21.5 Å². The van der Waals surface area contributed by atoms with E-state index in [1.54, 1.807) is 30.3 Å². The summed E-state index contributed by atoms with van der Waals surface area (Å²) in [6.07, 6.45) is 1.46. The van der Waals surface area contributed by atoms with Gasteiger partial charge in [-0.2, -0.15) is 5.10 Å². The van der Waals surface area contributed by atoms with E-state index in [0.717, 1.165) is 5.56 Å². The third-order valence-corrected chi connectivity index (χ3v) is 5.44. The van der Waals surface area contributed by atoms with E-state index in [1.165, 1.54) is 37.6 Å². The fourth-order valence-corrected chi connectivity index (χ4v) is 3.43. The second-order valence-corrected chi connectivity index (χ2v) is 7.95. The lowest BCUT2D eigenvalue weighted by molar-refractivity contribution is 0.0955. The predicted molar refractivity (Wildman–Crippen MR) is 123 cm³/mol. The summed E-state index contributed by atoms with van der Waals surface area (Å²) in [7, 11) is 1.51. The first-order valence-corrected chi connectivity index (χ1v) is 10.5. The summed E-state index contributed by atoms with van der Waals surface area (Å²) in [4.78, 5) is 12.2. The summed E-state index contributed by atoms with van der Waals surface area (Å²) in [5.74, 6) is 0.218. The van der Waals surface area contributed by atoms with Crippen LogP contribution in [0.15, 0.2) is 64.2 Å². The first-order valence-electron chi connectivity index (χ1n) is 8.90. The molecular formula is C22H16BrCl2FN2O3. The third-order valence-electron chi connectivity index (χ3n) is 4.11. The molecule has 0 saturated heterocycles. The minimum Gasteiger partial charge on any atom is -0.493 e. The lowest BCUT2D eigenvalue weighted by atomic mass is 10.2. The summed E-state index contributed by atoms with van der Waals surface area (Å²) >= 11 is 15.2. The first kappa shape index (κ1) is 23.1. The highest BCUT2D eigenvalue weighted by molar-refractivity contribution is 9.10. The standard InChI is InChI=1S/C22H16BrCl2FN2O3/c1-30-20-9-14(11-27-28-22(29)15-4-7-18(24)19(25)10-15)8-17(23)21(20)31-12-13-2-5-16(26)6-3-13/h2-11H,12H2,1H3,(H,28,29)/b27-11-. The number of hydrogen-bond donors (Lipinski definition) is 1. The van der Waals surface area contributed by atoms with E-state index in [0.29, 0.717) is 32.1 Å². The molecule has 1 amide bonds. The second kappa shape index (κ2) is 10.6. The van der Waals surface area contributed by atoms with Crippen molar-refractivity contribution in [2.45, 2.75) is 6.61 Å². The molecule has 0 fully saturated rings. The van der Waals surface area contributed by atoms with Gasteiger partial charge in [0.1, 0.15) is 12.4 Å². The lowest BCUT2D eigenvalue weighted by Crippen LogP contribution is -2.17. The number of nitrogens with one attached hydrogen (secondary N) is 1. The molecule has 31 heavy (non-hydrogen) atoms. The predicted octanol–water partition coefficient (Wildman–Crippen LogP) is 6.25. The van der Waals surface area contributed by atoms with Crippen LogP contribution >= 0.6 is 39.1 Å². The van der Waals surface area contributed by atoms with Gasteiger partial charge in [0.25, 0.3) is 5.91 Å². The third kappa shape index (κ3) is 6.19. The molecule has 5 nitrogen and oxygen atoms in total.